The summed E-state index contributed by atoms with van der Waals surface area (Å²) in [5, 5.41) is 30.3. The summed E-state index contributed by atoms with van der Waals surface area (Å²) in [6.07, 6.45) is -4.35. The lowest BCUT2D eigenvalue weighted by atomic mass is 9.93. The maximum Gasteiger partial charge on any atom is 0.350 e. The first kappa shape index (κ1) is 15.4. The molecule has 9 heteroatoms. The van der Waals surface area contributed by atoms with Crippen LogP contribution in [-0.2, 0) is 4.74 Å². The highest BCUT2D eigenvalue weighted by Crippen LogP contribution is 2.38. The van der Waals surface area contributed by atoms with Crippen molar-refractivity contribution >= 4 is 0 Å². The van der Waals surface area contributed by atoms with Crippen LogP contribution >= 0.6 is 0 Å². The molecule has 0 amide bonds. The van der Waals surface area contributed by atoms with Crippen LogP contribution in [0.25, 0.3) is 0 Å². The van der Waals surface area contributed by atoms with Gasteiger partial charge < -0.3 is 20.1 Å². The van der Waals surface area contributed by atoms with Gasteiger partial charge in [-0.3, -0.25) is 9.55 Å². The summed E-state index contributed by atoms with van der Waals surface area (Å²) in [5.74, 6) is 4.83. The van der Waals surface area contributed by atoms with Crippen molar-refractivity contribution in [1.29, 1.82) is 0 Å². The average Bonchev–Trinajstić information content (AvgIpc) is 2.64. The van der Waals surface area contributed by atoms with Crippen molar-refractivity contribution in [2.45, 2.75) is 44.0 Å². The fourth-order valence-corrected chi connectivity index (χ4v) is 2.24. The minimum atomic E-state index is -2.12. The van der Waals surface area contributed by atoms with Crippen molar-refractivity contribution in [3.63, 3.8) is 0 Å². The van der Waals surface area contributed by atoms with Gasteiger partial charge in [0.25, 0.3) is 0 Å². The number of aliphatic hydroxyl groups excluding tert-OH is 2. The van der Waals surface area contributed by atoms with Crippen LogP contribution < -0.4 is 11.4 Å². The molecule has 2 rings (SSSR count). The Balaban J connectivity index is 2.56. The summed E-state index contributed by atoms with van der Waals surface area (Å²) in [6, 6.07) is 0. The van der Waals surface area contributed by atoms with E-state index in [9.17, 15) is 24.9 Å². The van der Waals surface area contributed by atoms with Crippen LogP contribution in [0.5, 0.6) is 0 Å². The molecular weight excluding hydrogens is 282 g/mol. The molecule has 1 aliphatic heterocycles. The van der Waals surface area contributed by atoms with Gasteiger partial charge in [0.15, 0.2) is 11.8 Å². The van der Waals surface area contributed by atoms with Crippen molar-refractivity contribution in [1.82, 2.24) is 14.5 Å². The first-order chi connectivity index (χ1) is 9.81. The predicted octanol–water partition coefficient (Wildman–Crippen LogP) is -2.67. The number of H-pyrrole nitrogens is 1. The Hall–Kier alpha value is -1.99. The maximum atomic E-state index is 11.8. The first-order valence-electron chi connectivity index (χ1n) is 6.16. The highest BCUT2D eigenvalue weighted by atomic mass is 16.6. The minimum Gasteiger partial charge on any atom is -0.391 e. The van der Waals surface area contributed by atoms with Gasteiger partial charge in [-0.25, -0.2) is 9.59 Å². The summed E-state index contributed by atoms with van der Waals surface area (Å²) >= 11 is 0. The topological polar surface area (TPSA) is 138 Å². The Morgan fingerprint density at radius 1 is 1.57 bits per heavy atom. The Kier molecular flexibility index (Phi) is 3.97. The quantitative estimate of drug-likeness (QED) is 0.437. The summed E-state index contributed by atoms with van der Waals surface area (Å²) < 4.78 is 6.16. The van der Waals surface area contributed by atoms with Gasteiger partial charge in [-0.05, 0) is 13.8 Å². The number of aromatic nitrogens is 3. The minimum absolute atomic E-state index is 0.803. The largest absolute Gasteiger partial charge is 0.391 e. The van der Waals surface area contributed by atoms with E-state index in [0.29, 0.717) is 0 Å². The second-order valence-electron chi connectivity index (χ2n) is 4.73. The highest BCUT2D eigenvalue weighted by Gasteiger charge is 2.57. The number of hydrogen-bond donors (Lipinski definition) is 4. The molecule has 1 aliphatic rings. The molecule has 1 aromatic rings. The van der Waals surface area contributed by atoms with Crippen LogP contribution in [0.3, 0.4) is 0 Å². The van der Waals surface area contributed by atoms with E-state index in [-0.39, 0.29) is 0 Å². The molecule has 1 fully saturated rings. The molecule has 1 saturated heterocycles. The standard InChI is InChI=1S/C12H15N3O6/c1-3-4-12(20)8(17)7(6(2)16)21-9(12)15-5-13-10(18)14-11(15)19/h5-9,16-17,20H,1-2H3,(H,14,18,19)/t6-,7-,8?,9-,12?/m1/s1. The molecule has 21 heavy (non-hydrogen) atoms. The molecule has 2 heterocycles. The van der Waals surface area contributed by atoms with Gasteiger partial charge in [0.1, 0.15) is 18.5 Å². The second kappa shape index (κ2) is 5.42. The molecule has 2 unspecified atom stereocenters. The molecule has 0 saturated carbocycles. The number of aromatic amines is 1. The van der Waals surface area contributed by atoms with Gasteiger partial charge in [0.2, 0.25) is 0 Å². The Morgan fingerprint density at radius 2 is 2.24 bits per heavy atom. The molecule has 0 spiro atoms. The molecule has 9 nitrogen and oxygen atoms in total. The molecule has 0 aromatic carbocycles. The zero-order valence-corrected chi connectivity index (χ0v) is 11.3. The Labute approximate surface area is 118 Å². The zero-order valence-electron chi connectivity index (χ0n) is 11.3. The lowest BCUT2D eigenvalue weighted by molar-refractivity contribution is -0.0889. The normalized spacial score (nSPS) is 33.3. The van der Waals surface area contributed by atoms with Crippen molar-refractivity contribution in [3.8, 4) is 11.8 Å². The Bertz CT molecular complexity index is 699. The van der Waals surface area contributed by atoms with E-state index in [1.54, 1.807) is 0 Å². The third kappa shape index (κ3) is 2.50. The molecule has 114 valence electrons. The number of rotatable bonds is 2. The predicted molar refractivity (Wildman–Crippen MR) is 69.1 cm³/mol. The molecule has 0 radical (unpaired) electrons. The van der Waals surface area contributed by atoms with Crippen molar-refractivity contribution in [3.05, 3.63) is 27.3 Å². The number of aliphatic hydroxyl groups is 3. The molecule has 0 aliphatic carbocycles. The van der Waals surface area contributed by atoms with Crippen molar-refractivity contribution in [2.75, 3.05) is 0 Å². The number of nitrogens with zero attached hydrogens (tertiary/aromatic N) is 2. The van der Waals surface area contributed by atoms with Crippen molar-refractivity contribution < 1.29 is 20.1 Å². The fourth-order valence-electron chi connectivity index (χ4n) is 2.24. The summed E-state index contributed by atoms with van der Waals surface area (Å²) in [7, 11) is 0. The summed E-state index contributed by atoms with van der Waals surface area (Å²) in [4.78, 5) is 28.1. The molecule has 5 atom stereocenters. The highest BCUT2D eigenvalue weighted by molar-refractivity contribution is 5.22. The summed E-state index contributed by atoms with van der Waals surface area (Å²) in [6.45, 7) is 2.80. The summed E-state index contributed by atoms with van der Waals surface area (Å²) in [5.41, 5.74) is -3.86. The molecule has 4 N–H and O–H groups in total. The fraction of sp³-hybridized carbons (Fsp3) is 0.583. The average molecular weight is 297 g/mol. The zero-order chi connectivity index (χ0) is 15.8. The molecular formula is C12H15N3O6. The molecule has 0 bridgehead atoms. The van der Waals surface area contributed by atoms with E-state index in [0.717, 1.165) is 10.9 Å². The van der Waals surface area contributed by atoms with Crippen LogP contribution in [0.4, 0.5) is 0 Å². The second-order valence-corrected chi connectivity index (χ2v) is 4.73. The van der Waals surface area contributed by atoms with Crippen LogP contribution in [0.1, 0.15) is 20.1 Å². The monoisotopic (exact) mass is 297 g/mol. The van der Waals surface area contributed by atoms with E-state index in [2.05, 4.69) is 16.8 Å². The van der Waals surface area contributed by atoms with Crippen LogP contribution in [-0.4, -0.2) is 53.8 Å². The van der Waals surface area contributed by atoms with Crippen LogP contribution in [0.2, 0.25) is 0 Å². The number of ether oxygens (including phenoxy) is 1. The van der Waals surface area contributed by atoms with E-state index in [1.807, 2.05) is 4.98 Å². The third-order valence-corrected chi connectivity index (χ3v) is 3.23. The van der Waals surface area contributed by atoms with Crippen LogP contribution in [0.15, 0.2) is 15.9 Å². The van der Waals surface area contributed by atoms with E-state index in [1.165, 1.54) is 13.8 Å². The number of nitrogens with one attached hydrogen (secondary N) is 1. The first-order valence-corrected chi connectivity index (χ1v) is 6.16. The third-order valence-electron chi connectivity index (χ3n) is 3.23. The Morgan fingerprint density at radius 3 is 2.76 bits per heavy atom. The van der Waals surface area contributed by atoms with E-state index < -0.39 is 41.5 Å². The van der Waals surface area contributed by atoms with E-state index >= 15 is 0 Å². The van der Waals surface area contributed by atoms with Crippen LogP contribution in [0, 0.1) is 11.8 Å². The smallest absolute Gasteiger partial charge is 0.350 e. The lowest BCUT2D eigenvalue weighted by Crippen LogP contribution is -2.49. The van der Waals surface area contributed by atoms with Gasteiger partial charge in [-0.2, -0.15) is 4.98 Å². The number of hydrogen-bond acceptors (Lipinski definition) is 7. The van der Waals surface area contributed by atoms with Gasteiger partial charge in [0.05, 0.1) is 6.10 Å². The van der Waals surface area contributed by atoms with Gasteiger partial charge >= 0.3 is 11.4 Å². The van der Waals surface area contributed by atoms with Crippen molar-refractivity contribution in [2.24, 2.45) is 0 Å². The lowest BCUT2D eigenvalue weighted by Gasteiger charge is -2.26. The van der Waals surface area contributed by atoms with Gasteiger partial charge in [0, 0.05) is 0 Å². The van der Waals surface area contributed by atoms with Gasteiger partial charge in [-0.1, -0.05) is 5.92 Å². The van der Waals surface area contributed by atoms with Gasteiger partial charge in [-0.15, -0.1) is 5.92 Å². The maximum absolute atomic E-state index is 11.8. The SMILES string of the molecule is CC#CC1(O)C(O)[C@@H]([C@@H](C)O)O[C@H]1n1cnc(=O)[nH]c1=O. The van der Waals surface area contributed by atoms with E-state index in [4.69, 9.17) is 4.74 Å². The molecule has 1 aromatic heterocycles.